The van der Waals surface area contributed by atoms with Gasteiger partial charge in [-0.15, -0.1) is 0 Å². The zero-order chi connectivity index (χ0) is 17.3. The Bertz CT molecular complexity index is 929. The minimum absolute atomic E-state index is 0.0440. The number of H-pyrrole nitrogens is 1. The van der Waals surface area contributed by atoms with Crippen LogP contribution < -0.4 is 0 Å². The average Bonchev–Trinajstić information content (AvgIpc) is 2.90. The van der Waals surface area contributed by atoms with Crippen LogP contribution in [0.3, 0.4) is 0 Å². The van der Waals surface area contributed by atoms with Gasteiger partial charge in [-0.25, -0.2) is 4.98 Å². The Morgan fingerprint density at radius 1 is 1.25 bits per heavy atom. The Labute approximate surface area is 153 Å². The summed E-state index contributed by atoms with van der Waals surface area (Å²) < 4.78 is 0.956. The second-order valence-corrected chi connectivity index (χ2v) is 6.85. The van der Waals surface area contributed by atoms with Crippen molar-refractivity contribution >= 4 is 56.5 Å². The molecule has 0 aliphatic heterocycles. The Hall–Kier alpha value is -2.11. The van der Waals surface area contributed by atoms with Crippen LogP contribution in [0.15, 0.2) is 41.0 Å². The fraction of sp³-hybridized carbons (Fsp3) is 0.111. The van der Waals surface area contributed by atoms with Crippen molar-refractivity contribution in [3.63, 3.8) is 0 Å². The largest absolute Gasteiger partial charge is 0.354 e. The summed E-state index contributed by atoms with van der Waals surface area (Å²) in [6.07, 6.45) is 5.47. The molecule has 3 aromatic rings. The van der Waals surface area contributed by atoms with Crippen LogP contribution in [-0.4, -0.2) is 34.9 Å². The molecule has 1 amide bonds. The van der Waals surface area contributed by atoms with E-state index in [2.05, 4.69) is 25.9 Å². The number of fused-ring (bicyclic) bond motifs is 1. The third kappa shape index (κ3) is 3.37. The molecular weight excluding hydrogens is 390 g/mol. The average molecular weight is 405 g/mol. The molecule has 0 spiro atoms. The molecule has 122 valence electrons. The summed E-state index contributed by atoms with van der Waals surface area (Å²) in [5, 5.41) is 1.34. The number of halogens is 2. The first-order valence-electron chi connectivity index (χ1n) is 7.28. The number of hydrogen-bond acceptors (Lipinski definition) is 2. The van der Waals surface area contributed by atoms with E-state index in [4.69, 9.17) is 11.6 Å². The number of carbonyl (C=O) groups is 1. The quantitative estimate of drug-likeness (QED) is 0.634. The molecule has 0 aliphatic rings. The number of nitrogens with zero attached hydrogens (tertiary/aromatic N) is 2. The normalized spacial score (nSPS) is 11.3. The predicted molar refractivity (Wildman–Crippen MR) is 102 cm³/mol. The van der Waals surface area contributed by atoms with Crippen LogP contribution in [0.2, 0.25) is 5.15 Å². The summed E-state index contributed by atoms with van der Waals surface area (Å²) in [4.78, 5) is 21.6. The van der Waals surface area contributed by atoms with Crippen molar-refractivity contribution in [3.8, 4) is 0 Å². The van der Waals surface area contributed by atoms with Gasteiger partial charge in [-0.3, -0.25) is 4.79 Å². The standard InChI is InChI=1S/C18H15BrClN3O/c1-23(2)18(24)17-13-6-5-12(19)9-15(13)22-14(17)7-3-11-4-8-16(20)21-10-11/h3-10,22H,1-2H3. The molecule has 6 heteroatoms. The van der Waals surface area contributed by atoms with E-state index in [1.165, 1.54) is 0 Å². The van der Waals surface area contributed by atoms with Crippen molar-refractivity contribution in [1.29, 1.82) is 0 Å². The molecule has 1 aromatic carbocycles. The molecule has 2 heterocycles. The minimum Gasteiger partial charge on any atom is -0.354 e. The Balaban J connectivity index is 2.10. The highest BCUT2D eigenvalue weighted by Gasteiger charge is 2.18. The topological polar surface area (TPSA) is 49.0 Å². The van der Waals surface area contributed by atoms with E-state index >= 15 is 0 Å². The van der Waals surface area contributed by atoms with Crippen LogP contribution >= 0.6 is 27.5 Å². The minimum atomic E-state index is -0.0440. The molecular formula is C18H15BrClN3O. The summed E-state index contributed by atoms with van der Waals surface area (Å²) in [5.41, 5.74) is 3.23. The van der Waals surface area contributed by atoms with Crippen molar-refractivity contribution in [2.45, 2.75) is 0 Å². The fourth-order valence-electron chi connectivity index (χ4n) is 2.43. The van der Waals surface area contributed by atoms with Gasteiger partial charge in [0.1, 0.15) is 5.15 Å². The van der Waals surface area contributed by atoms with Crippen molar-refractivity contribution in [2.24, 2.45) is 0 Å². The fourth-order valence-corrected chi connectivity index (χ4v) is 2.91. The maximum atomic E-state index is 12.6. The van der Waals surface area contributed by atoms with Gasteiger partial charge in [-0.2, -0.15) is 0 Å². The highest BCUT2D eigenvalue weighted by molar-refractivity contribution is 9.10. The van der Waals surface area contributed by atoms with Crippen molar-refractivity contribution in [1.82, 2.24) is 14.9 Å². The van der Waals surface area contributed by atoms with Crippen LogP contribution in [0, 0.1) is 0 Å². The van der Waals surface area contributed by atoms with E-state index < -0.39 is 0 Å². The SMILES string of the molecule is CN(C)C(=O)c1c(C=Cc2ccc(Cl)nc2)[nH]c2cc(Br)ccc12. The maximum Gasteiger partial charge on any atom is 0.256 e. The van der Waals surface area contributed by atoms with Crippen LogP contribution in [0.25, 0.3) is 23.1 Å². The zero-order valence-corrected chi connectivity index (χ0v) is 15.5. The van der Waals surface area contributed by atoms with E-state index in [0.29, 0.717) is 10.7 Å². The van der Waals surface area contributed by atoms with Gasteiger partial charge < -0.3 is 9.88 Å². The van der Waals surface area contributed by atoms with Gasteiger partial charge in [-0.05, 0) is 29.8 Å². The molecule has 1 N–H and O–H groups in total. The first-order valence-corrected chi connectivity index (χ1v) is 8.45. The number of carbonyl (C=O) groups excluding carboxylic acids is 1. The number of hydrogen-bond donors (Lipinski definition) is 1. The summed E-state index contributed by atoms with van der Waals surface area (Å²) in [6, 6.07) is 9.43. The highest BCUT2D eigenvalue weighted by atomic mass is 79.9. The molecule has 2 aromatic heterocycles. The van der Waals surface area contributed by atoms with Gasteiger partial charge in [0.05, 0.1) is 11.3 Å². The lowest BCUT2D eigenvalue weighted by atomic mass is 10.1. The lowest BCUT2D eigenvalue weighted by molar-refractivity contribution is 0.0829. The number of rotatable bonds is 3. The molecule has 0 fully saturated rings. The van der Waals surface area contributed by atoms with E-state index in [1.54, 1.807) is 31.3 Å². The van der Waals surface area contributed by atoms with Crippen LogP contribution in [0.1, 0.15) is 21.6 Å². The zero-order valence-electron chi connectivity index (χ0n) is 13.2. The Kier molecular flexibility index (Phi) is 4.73. The van der Waals surface area contributed by atoms with Crippen LogP contribution in [0.5, 0.6) is 0 Å². The molecule has 3 rings (SSSR count). The van der Waals surface area contributed by atoms with Crippen molar-refractivity contribution in [2.75, 3.05) is 14.1 Å². The molecule has 0 unspecified atom stereocenters. The number of amides is 1. The number of aromatic nitrogens is 2. The lowest BCUT2D eigenvalue weighted by Gasteiger charge is -2.10. The van der Waals surface area contributed by atoms with Crippen molar-refractivity contribution in [3.05, 3.63) is 63.0 Å². The number of aromatic amines is 1. The molecule has 0 bridgehead atoms. The smallest absolute Gasteiger partial charge is 0.256 e. The van der Waals surface area contributed by atoms with Crippen LogP contribution in [0.4, 0.5) is 0 Å². The van der Waals surface area contributed by atoms with Gasteiger partial charge in [0.2, 0.25) is 0 Å². The first kappa shape index (κ1) is 16.7. The van der Waals surface area contributed by atoms with Gasteiger partial charge >= 0.3 is 0 Å². The number of nitrogens with one attached hydrogen (secondary N) is 1. The molecule has 0 radical (unpaired) electrons. The number of pyridine rings is 1. The van der Waals surface area contributed by atoms with Gasteiger partial charge in [0.15, 0.2) is 0 Å². The molecule has 0 saturated heterocycles. The summed E-state index contributed by atoms with van der Waals surface area (Å²) >= 11 is 9.26. The van der Waals surface area contributed by atoms with Gasteiger partial charge in [-0.1, -0.05) is 45.7 Å². The van der Waals surface area contributed by atoms with E-state index in [0.717, 1.165) is 26.6 Å². The maximum absolute atomic E-state index is 12.6. The van der Waals surface area contributed by atoms with Gasteiger partial charge in [0.25, 0.3) is 5.91 Å². The molecule has 0 atom stereocenters. The Morgan fingerprint density at radius 3 is 2.71 bits per heavy atom. The second kappa shape index (κ2) is 6.79. The third-order valence-corrected chi connectivity index (χ3v) is 4.32. The Morgan fingerprint density at radius 2 is 2.04 bits per heavy atom. The molecule has 4 nitrogen and oxygen atoms in total. The van der Waals surface area contributed by atoms with Gasteiger partial charge in [0, 0.05) is 35.7 Å². The second-order valence-electron chi connectivity index (χ2n) is 5.55. The molecule has 24 heavy (non-hydrogen) atoms. The van der Waals surface area contributed by atoms with Crippen LogP contribution in [-0.2, 0) is 0 Å². The number of benzene rings is 1. The lowest BCUT2D eigenvalue weighted by Crippen LogP contribution is -2.22. The molecule has 0 aliphatic carbocycles. The first-order chi connectivity index (χ1) is 11.5. The van der Waals surface area contributed by atoms with Crippen molar-refractivity contribution < 1.29 is 4.79 Å². The third-order valence-electron chi connectivity index (χ3n) is 3.60. The summed E-state index contributed by atoms with van der Waals surface area (Å²) in [5.74, 6) is -0.0440. The van der Waals surface area contributed by atoms with E-state index in [-0.39, 0.29) is 5.91 Å². The monoisotopic (exact) mass is 403 g/mol. The van der Waals surface area contributed by atoms with E-state index in [9.17, 15) is 4.79 Å². The highest BCUT2D eigenvalue weighted by Crippen LogP contribution is 2.27. The van der Waals surface area contributed by atoms with E-state index in [1.807, 2.05) is 36.4 Å². The predicted octanol–water partition coefficient (Wildman–Crippen LogP) is 4.85. The summed E-state index contributed by atoms with van der Waals surface area (Å²) in [7, 11) is 3.49. The summed E-state index contributed by atoms with van der Waals surface area (Å²) in [6.45, 7) is 0. The molecule has 0 saturated carbocycles.